The van der Waals surface area contributed by atoms with Gasteiger partial charge in [0, 0.05) is 11.6 Å². The van der Waals surface area contributed by atoms with Crippen molar-refractivity contribution in [3.8, 4) is 5.88 Å². The first-order chi connectivity index (χ1) is 9.55. The second kappa shape index (κ2) is 6.75. The molecule has 1 amide bonds. The lowest BCUT2D eigenvalue weighted by Crippen LogP contribution is -2.41. The number of hydrogen-bond acceptors (Lipinski definition) is 4. The monoisotopic (exact) mass is 305 g/mol. The van der Waals surface area contributed by atoms with Crippen molar-refractivity contribution < 1.29 is 22.7 Å². The van der Waals surface area contributed by atoms with E-state index in [2.05, 4.69) is 20.4 Å². The highest BCUT2D eigenvalue weighted by atomic mass is 19.4. The fraction of sp³-hybridized carbons (Fsp3) is 0.538. The minimum absolute atomic E-state index is 0.121. The highest BCUT2D eigenvalue weighted by Gasteiger charge is 2.28. The number of anilines is 1. The summed E-state index contributed by atoms with van der Waals surface area (Å²) in [6.45, 7) is 4.49. The van der Waals surface area contributed by atoms with Gasteiger partial charge in [0.1, 0.15) is 0 Å². The number of amides is 1. The molecule has 0 saturated carbocycles. The zero-order valence-electron chi connectivity index (χ0n) is 12.0. The van der Waals surface area contributed by atoms with E-state index in [-0.39, 0.29) is 23.9 Å². The van der Waals surface area contributed by atoms with Crippen LogP contribution in [-0.4, -0.2) is 35.8 Å². The van der Waals surface area contributed by atoms with Gasteiger partial charge in [-0.25, -0.2) is 4.98 Å². The first-order valence-electron chi connectivity index (χ1n) is 6.26. The average Bonchev–Trinajstić information content (AvgIpc) is 2.34. The minimum atomic E-state index is -4.41. The third-order valence-corrected chi connectivity index (χ3v) is 2.18. The fourth-order valence-corrected chi connectivity index (χ4v) is 1.25. The molecular weight excluding hydrogens is 287 g/mol. The van der Waals surface area contributed by atoms with Crippen molar-refractivity contribution in [1.29, 1.82) is 0 Å². The lowest BCUT2D eigenvalue weighted by Gasteiger charge is -2.19. The number of carbonyl (C=O) groups excluding carboxylic acids is 1. The van der Waals surface area contributed by atoms with Gasteiger partial charge in [0.25, 0.3) is 0 Å². The number of rotatable bonds is 5. The second-order valence-electron chi connectivity index (χ2n) is 5.44. The molecule has 21 heavy (non-hydrogen) atoms. The van der Waals surface area contributed by atoms with Crippen molar-refractivity contribution in [3.63, 3.8) is 0 Å². The Morgan fingerprint density at radius 1 is 1.29 bits per heavy atom. The highest BCUT2D eigenvalue weighted by molar-refractivity contribution is 5.92. The summed E-state index contributed by atoms with van der Waals surface area (Å²) in [5, 5.41) is 5.58. The van der Waals surface area contributed by atoms with Gasteiger partial charge in [-0.15, -0.1) is 0 Å². The van der Waals surface area contributed by atoms with Gasteiger partial charge < -0.3 is 15.4 Å². The van der Waals surface area contributed by atoms with Gasteiger partial charge in [0.05, 0.1) is 18.4 Å². The third kappa shape index (κ3) is 8.13. The van der Waals surface area contributed by atoms with Gasteiger partial charge in [0.2, 0.25) is 11.8 Å². The summed E-state index contributed by atoms with van der Waals surface area (Å²) in [6.07, 6.45) is -3.17. The number of alkyl halides is 3. The van der Waals surface area contributed by atoms with Crippen molar-refractivity contribution in [2.45, 2.75) is 32.5 Å². The highest BCUT2D eigenvalue weighted by Crippen LogP contribution is 2.17. The molecule has 0 aliphatic rings. The van der Waals surface area contributed by atoms with Crippen LogP contribution in [0.4, 0.5) is 18.9 Å². The van der Waals surface area contributed by atoms with Gasteiger partial charge in [-0.1, -0.05) is 0 Å². The molecule has 5 nitrogen and oxygen atoms in total. The summed E-state index contributed by atoms with van der Waals surface area (Å²) in [6, 6.07) is 2.69. The average molecular weight is 305 g/mol. The van der Waals surface area contributed by atoms with Gasteiger partial charge in [-0.05, 0) is 26.8 Å². The van der Waals surface area contributed by atoms with Crippen LogP contribution >= 0.6 is 0 Å². The molecule has 0 radical (unpaired) electrons. The van der Waals surface area contributed by atoms with Crippen molar-refractivity contribution in [2.24, 2.45) is 0 Å². The molecule has 1 aromatic rings. The molecular formula is C13H18F3N3O2. The maximum atomic E-state index is 12.0. The summed E-state index contributed by atoms with van der Waals surface area (Å²) in [7, 11) is 0. The topological polar surface area (TPSA) is 63.2 Å². The molecule has 0 spiro atoms. The van der Waals surface area contributed by atoms with E-state index in [4.69, 9.17) is 0 Å². The van der Waals surface area contributed by atoms with Crippen LogP contribution in [0.25, 0.3) is 0 Å². The fourth-order valence-electron chi connectivity index (χ4n) is 1.25. The Morgan fingerprint density at radius 2 is 1.95 bits per heavy atom. The van der Waals surface area contributed by atoms with Gasteiger partial charge in [0.15, 0.2) is 6.61 Å². The van der Waals surface area contributed by atoms with E-state index >= 15 is 0 Å². The molecule has 2 N–H and O–H groups in total. The predicted octanol–water partition coefficient (Wildman–Crippen LogP) is 2.35. The molecule has 0 unspecified atom stereocenters. The smallest absolute Gasteiger partial charge is 0.422 e. The van der Waals surface area contributed by atoms with Crippen LogP contribution < -0.4 is 15.4 Å². The number of nitrogens with one attached hydrogen (secondary N) is 2. The maximum absolute atomic E-state index is 12.0. The maximum Gasteiger partial charge on any atom is 0.422 e. The number of carbonyl (C=O) groups is 1. The Bertz CT molecular complexity index is 467. The van der Waals surface area contributed by atoms with Crippen molar-refractivity contribution in [1.82, 2.24) is 10.3 Å². The zero-order valence-corrected chi connectivity index (χ0v) is 12.0. The number of aromatic nitrogens is 1. The van der Waals surface area contributed by atoms with Crippen LogP contribution in [0.1, 0.15) is 20.8 Å². The number of nitrogens with zero attached hydrogens (tertiary/aromatic N) is 1. The predicted molar refractivity (Wildman–Crippen MR) is 72.2 cm³/mol. The molecule has 0 aliphatic carbocycles. The van der Waals surface area contributed by atoms with Crippen molar-refractivity contribution >= 4 is 11.6 Å². The van der Waals surface area contributed by atoms with Crippen LogP contribution in [-0.2, 0) is 4.79 Å². The Balaban J connectivity index is 2.45. The van der Waals surface area contributed by atoms with E-state index in [1.165, 1.54) is 18.3 Å². The van der Waals surface area contributed by atoms with Crippen LogP contribution in [0, 0.1) is 0 Å². The first kappa shape index (κ1) is 17.2. The van der Waals surface area contributed by atoms with E-state index in [1.807, 2.05) is 20.8 Å². The van der Waals surface area contributed by atoms with Gasteiger partial charge in [-0.3, -0.25) is 4.79 Å². The lowest BCUT2D eigenvalue weighted by atomic mass is 10.1. The molecule has 1 heterocycles. The number of pyridine rings is 1. The molecule has 0 atom stereocenters. The third-order valence-electron chi connectivity index (χ3n) is 2.18. The van der Waals surface area contributed by atoms with E-state index in [0.29, 0.717) is 5.69 Å². The van der Waals surface area contributed by atoms with Crippen LogP contribution in [0.3, 0.4) is 0 Å². The first-order valence-corrected chi connectivity index (χ1v) is 6.26. The molecule has 8 heteroatoms. The minimum Gasteiger partial charge on any atom is -0.468 e. The zero-order chi connectivity index (χ0) is 16.1. The summed E-state index contributed by atoms with van der Waals surface area (Å²) in [5.41, 5.74) is 0.195. The van der Waals surface area contributed by atoms with Crippen LogP contribution in [0.15, 0.2) is 18.3 Å². The Labute approximate surface area is 120 Å². The van der Waals surface area contributed by atoms with Crippen LogP contribution in [0.5, 0.6) is 5.88 Å². The summed E-state index contributed by atoms with van der Waals surface area (Å²) < 4.78 is 40.3. The molecule has 0 aromatic carbocycles. The van der Waals surface area contributed by atoms with Crippen LogP contribution in [0.2, 0.25) is 0 Å². The molecule has 118 valence electrons. The van der Waals surface area contributed by atoms with E-state index in [1.54, 1.807) is 0 Å². The summed E-state index contributed by atoms with van der Waals surface area (Å²) in [5.74, 6) is -0.422. The molecule has 1 rings (SSSR count). The summed E-state index contributed by atoms with van der Waals surface area (Å²) >= 11 is 0. The Hall–Kier alpha value is -1.83. The normalized spacial score (nSPS) is 12.1. The number of ether oxygens (including phenoxy) is 1. The molecule has 0 saturated heterocycles. The molecule has 0 fully saturated rings. The quantitative estimate of drug-likeness (QED) is 0.876. The van der Waals surface area contributed by atoms with E-state index < -0.39 is 12.8 Å². The van der Waals surface area contributed by atoms with Crippen molar-refractivity contribution in [2.75, 3.05) is 18.5 Å². The standard InChI is InChI=1S/C13H18F3N3O2/c1-12(2,3)18-7-10(20)19-9-4-5-11(17-6-9)21-8-13(14,15)16/h4-6,18H,7-8H2,1-3H3,(H,19,20). The van der Waals surface area contributed by atoms with E-state index in [9.17, 15) is 18.0 Å². The molecule has 0 bridgehead atoms. The summed E-state index contributed by atoms with van der Waals surface area (Å²) in [4.78, 5) is 15.3. The largest absolute Gasteiger partial charge is 0.468 e. The second-order valence-corrected chi connectivity index (χ2v) is 5.44. The molecule has 0 aliphatic heterocycles. The SMILES string of the molecule is CC(C)(C)NCC(=O)Nc1ccc(OCC(F)(F)F)nc1. The molecule has 1 aromatic heterocycles. The van der Waals surface area contributed by atoms with E-state index in [0.717, 1.165) is 0 Å². The van der Waals surface area contributed by atoms with Gasteiger partial charge in [-0.2, -0.15) is 13.2 Å². The van der Waals surface area contributed by atoms with Crippen molar-refractivity contribution in [3.05, 3.63) is 18.3 Å². The van der Waals surface area contributed by atoms with Gasteiger partial charge >= 0.3 is 6.18 Å². The number of hydrogen-bond donors (Lipinski definition) is 2. The lowest BCUT2D eigenvalue weighted by molar-refractivity contribution is -0.154. The Morgan fingerprint density at radius 3 is 2.43 bits per heavy atom. The Kier molecular flexibility index (Phi) is 5.54. The number of halogens is 3.